The molecule has 0 aliphatic rings. The average molecular weight is 962 g/mol. The summed E-state index contributed by atoms with van der Waals surface area (Å²) in [6, 6.07) is 5.63. The molecule has 20 nitrogen and oxygen atoms in total. The third kappa shape index (κ3) is 15.2. The van der Waals surface area contributed by atoms with Crippen LogP contribution in [0.2, 0.25) is 5.02 Å². The first-order valence-corrected chi connectivity index (χ1v) is 20.1. The molecule has 3 heterocycles. The van der Waals surface area contributed by atoms with Crippen molar-refractivity contribution in [1.29, 1.82) is 0 Å². The fraction of sp³-hybridized carbons (Fsp3) is 0.487. The Balaban J connectivity index is 1.54. The lowest BCUT2D eigenvalue weighted by molar-refractivity contribution is -0.224. The van der Waals surface area contributed by atoms with Gasteiger partial charge in [-0.3, -0.25) is 19.0 Å². The van der Waals surface area contributed by atoms with Gasteiger partial charge >= 0.3 is 36.2 Å². The lowest BCUT2D eigenvalue weighted by atomic mass is 10.1. The van der Waals surface area contributed by atoms with Crippen LogP contribution in [0.5, 0.6) is 0 Å². The first kappa shape index (κ1) is 51.9. The summed E-state index contributed by atoms with van der Waals surface area (Å²) in [7, 11) is 0. The van der Waals surface area contributed by atoms with Gasteiger partial charge in [0.25, 0.3) is 5.91 Å². The predicted octanol–water partition coefficient (Wildman–Crippen LogP) is 4.69. The predicted molar refractivity (Wildman–Crippen MR) is 219 cm³/mol. The number of hydrogen-bond donors (Lipinski definition) is 4. The maximum absolute atomic E-state index is 14.6. The lowest BCUT2D eigenvalue weighted by Crippen LogP contribution is -2.49. The van der Waals surface area contributed by atoms with Crippen LogP contribution >= 0.6 is 11.6 Å². The Labute approximate surface area is 376 Å². The summed E-state index contributed by atoms with van der Waals surface area (Å²) in [5.41, 5.74) is 1.08. The fourth-order valence-electron chi connectivity index (χ4n) is 5.70. The zero-order valence-corrected chi connectivity index (χ0v) is 36.9. The summed E-state index contributed by atoms with van der Waals surface area (Å²) >= 11 is 6.00. The van der Waals surface area contributed by atoms with Crippen LogP contribution in [-0.4, -0.2) is 107 Å². The van der Waals surface area contributed by atoms with Gasteiger partial charge in [0.05, 0.1) is 13.0 Å². The van der Waals surface area contributed by atoms with Gasteiger partial charge in [0, 0.05) is 29.9 Å². The number of alkyl halides is 6. The SMILES string of the molecule is CC(C)(C)OC(=O)NCCC[C@H](NC(=O)OC(C)(C)C)C(=O)NCCC(=O)O[C@@H](Cn1c(-c2ccc(Cl)cc2)nn(Cc2nc(C(N)=O)n(-c3ncccc3C(F)(F)F)n2)c1=O)C(F)(F)F. The van der Waals surface area contributed by atoms with Crippen molar-refractivity contribution in [3.8, 4) is 17.2 Å². The van der Waals surface area contributed by atoms with E-state index in [0.717, 1.165) is 12.3 Å². The van der Waals surface area contributed by atoms with Gasteiger partial charge in [0.15, 0.2) is 17.5 Å². The number of ether oxygens (including phenoxy) is 3. The molecular weight excluding hydrogens is 916 g/mol. The van der Waals surface area contributed by atoms with Crippen LogP contribution in [0, 0.1) is 0 Å². The number of carbonyl (C=O) groups excluding carboxylic acids is 5. The van der Waals surface area contributed by atoms with Gasteiger partial charge in [-0.05, 0) is 90.8 Å². The van der Waals surface area contributed by atoms with Gasteiger partial charge in [-0.1, -0.05) is 11.6 Å². The van der Waals surface area contributed by atoms with Crippen molar-refractivity contribution in [2.24, 2.45) is 5.73 Å². The molecular formula is C39H46ClF6N11O9. The van der Waals surface area contributed by atoms with E-state index in [1.807, 2.05) is 0 Å². The normalized spacial score (nSPS) is 13.0. The number of carbonyl (C=O) groups is 5. The maximum atomic E-state index is 14.6. The van der Waals surface area contributed by atoms with E-state index in [1.54, 1.807) is 41.5 Å². The summed E-state index contributed by atoms with van der Waals surface area (Å²) < 4.78 is 102. The van der Waals surface area contributed by atoms with Crippen LogP contribution in [-0.2, 0) is 43.1 Å². The summed E-state index contributed by atoms with van der Waals surface area (Å²) in [6.07, 6.45) is -14.7. The number of hydrogen-bond acceptors (Lipinski definition) is 13. The van der Waals surface area contributed by atoms with E-state index in [9.17, 15) is 55.1 Å². The van der Waals surface area contributed by atoms with Crippen molar-refractivity contribution in [2.45, 2.75) is 110 Å². The Morgan fingerprint density at radius 2 is 1.50 bits per heavy atom. The molecule has 4 rings (SSSR count). The van der Waals surface area contributed by atoms with E-state index in [4.69, 9.17) is 31.5 Å². The van der Waals surface area contributed by atoms with E-state index in [2.05, 4.69) is 36.1 Å². The molecule has 27 heteroatoms. The number of aromatic nitrogens is 7. The smallest absolute Gasteiger partial charge is 0.427 e. The zero-order valence-electron chi connectivity index (χ0n) is 36.2. The second kappa shape index (κ2) is 21.1. The van der Waals surface area contributed by atoms with Crippen LogP contribution in [0.15, 0.2) is 47.4 Å². The second-order valence-corrected chi connectivity index (χ2v) is 16.6. The molecule has 2 atom stereocenters. The van der Waals surface area contributed by atoms with Crippen LogP contribution in [0.25, 0.3) is 17.2 Å². The van der Waals surface area contributed by atoms with Crippen LogP contribution in [0.3, 0.4) is 0 Å². The first-order chi connectivity index (χ1) is 30.5. The molecule has 1 aromatic carbocycles. The molecule has 0 saturated heterocycles. The van der Waals surface area contributed by atoms with Crippen molar-refractivity contribution in [3.63, 3.8) is 0 Å². The Hall–Kier alpha value is -6.73. The molecule has 0 spiro atoms. The van der Waals surface area contributed by atoms with Gasteiger partial charge in [-0.2, -0.15) is 31.0 Å². The molecule has 66 heavy (non-hydrogen) atoms. The molecule has 5 N–H and O–H groups in total. The number of rotatable bonds is 17. The van der Waals surface area contributed by atoms with Crippen molar-refractivity contribution in [1.82, 2.24) is 50.0 Å². The highest BCUT2D eigenvalue weighted by atomic mass is 35.5. The number of pyridine rings is 1. The largest absolute Gasteiger partial charge is 0.451 e. The van der Waals surface area contributed by atoms with Gasteiger partial charge in [-0.15, -0.1) is 10.2 Å². The Kier molecular flexibility index (Phi) is 16.6. The van der Waals surface area contributed by atoms with Crippen LogP contribution in [0.1, 0.15) is 82.8 Å². The zero-order chi connectivity index (χ0) is 49.4. The second-order valence-electron chi connectivity index (χ2n) is 16.2. The van der Waals surface area contributed by atoms with E-state index >= 15 is 0 Å². The molecule has 0 aliphatic carbocycles. The summed E-state index contributed by atoms with van der Waals surface area (Å²) in [5.74, 6) is -6.34. The topological polar surface area (TPSA) is 259 Å². The van der Waals surface area contributed by atoms with Gasteiger partial charge < -0.3 is 35.9 Å². The third-order valence-corrected chi connectivity index (χ3v) is 8.69. The number of nitrogens with two attached hydrogens (primary N) is 1. The quantitative estimate of drug-likeness (QED) is 0.0486. The number of benzene rings is 1. The van der Waals surface area contributed by atoms with Crippen LogP contribution in [0.4, 0.5) is 35.9 Å². The number of esters is 1. The van der Waals surface area contributed by atoms with Crippen molar-refractivity contribution in [2.75, 3.05) is 13.1 Å². The molecule has 0 unspecified atom stereocenters. The minimum absolute atomic E-state index is 0.0250. The highest BCUT2D eigenvalue weighted by molar-refractivity contribution is 6.30. The molecule has 0 saturated carbocycles. The van der Waals surface area contributed by atoms with E-state index < -0.39 is 126 Å². The number of primary amides is 1. The number of amides is 4. The third-order valence-electron chi connectivity index (χ3n) is 8.44. The summed E-state index contributed by atoms with van der Waals surface area (Å²) in [5, 5.41) is 15.4. The first-order valence-electron chi connectivity index (χ1n) is 19.7. The van der Waals surface area contributed by atoms with Crippen molar-refractivity contribution < 1.29 is 64.5 Å². The van der Waals surface area contributed by atoms with E-state index in [-0.39, 0.29) is 30.0 Å². The Morgan fingerprint density at radius 3 is 2.09 bits per heavy atom. The van der Waals surface area contributed by atoms with Gasteiger partial charge in [0.2, 0.25) is 17.8 Å². The number of halogens is 7. The molecule has 0 radical (unpaired) electrons. The Morgan fingerprint density at radius 1 is 0.864 bits per heavy atom. The summed E-state index contributed by atoms with van der Waals surface area (Å²) in [6.45, 7) is 6.95. The van der Waals surface area contributed by atoms with Crippen LogP contribution < -0.4 is 27.4 Å². The Bertz CT molecular complexity index is 2440. The lowest BCUT2D eigenvalue weighted by Gasteiger charge is -2.24. The molecule has 360 valence electrons. The number of alkyl carbamates (subject to hydrolysis) is 2. The fourth-order valence-corrected chi connectivity index (χ4v) is 5.83. The maximum Gasteiger partial charge on any atom is 0.427 e. The molecule has 3 aromatic heterocycles. The standard InChI is InChI=1S/C39H46ClF6N11O9/c1-36(2,3)65-33(61)50-17-8-10-24(51-34(62)66-37(4,5)6)32(60)49-18-15-27(58)64-25(39(44,45)46)19-55-29(21-11-13-22(40)14-12-21)54-56(35(55)63)20-26-52-31(28(47)59)57(53-26)30-23(38(41,42)43)9-7-16-48-30/h7,9,11-14,16,24-25H,8,10,15,17-20H2,1-6H3,(H2,47,59)(H,49,60)(H,50,61)(H,51,62)/t24-,25-/m0/s1. The highest BCUT2D eigenvalue weighted by Crippen LogP contribution is 2.33. The van der Waals surface area contributed by atoms with E-state index in [1.165, 1.54) is 24.3 Å². The molecule has 0 bridgehead atoms. The molecule has 4 amide bonds. The number of nitrogens with one attached hydrogen (secondary N) is 3. The monoisotopic (exact) mass is 961 g/mol. The highest BCUT2D eigenvalue weighted by Gasteiger charge is 2.44. The molecule has 4 aromatic rings. The van der Waals surface area contributed by atoms with Gasteiger partial charge in [0.1, 0.15) is 29.4 Å². The van der Waals surface area contributed by atoms with Gasteiger partial charge in [-0.25, -0.2) is 29.0 Å². The van der Waals surface area contributed by atoms with Crippen molar-refractivity contribution in [3.05, 3.63) is 75.3 Å². The van der Waals surface area contributed by atoms with Crippen molar-refractivity contribution >= 4 is 41.6 Å². The number of nitrogens with zero attached hydrogens (tertiary/aromatic N) is 7. The molecule has 0 fully saturated rings. The minimum atomic E-state index is -5.30. The minimum Gasteiger partial charge on any atom is -0.451 e. The molecule has 0 aliphatic heterocycles. The van der Waals surface area contributed by atoms with E-state index in [0.29, 0.717) is 20.0 Å². The average Bonchev–Trinajstić information content (AvgIpc) is 3.74. The summed E-state index contributed by atoms with van der Waals surface area (Å²) in [4.78, 5) is 84.1.